The van der Waals surface area contributed by atoms with Crippen LogP contribution in [0.3, 0.4) is 0 Å². The van der Waals surface area contributed by atoms with Gasteiger partial charge in [-0.3, -0.25) is 0 Å². The summed E-state index contributed by atoms with van der Waals surface area (Å²) in [5, 5.41) is 9.11. The van der Waals surface area contributed by atoms with E-state index in [1.54, 1.807) is 0 Å². The van der Waals surface area contributed by atoms with Gasteiger partial charge in [-0.15, -0.1) is 0 Å². The van der Waals surface area contributed by atoms with E-state index in [2.05, 4.69) is 12.6 Å². The van der Waals surface area contributed by atoms with Crippen LogP contribution in [-0.4, -0.2) is 22.8 Å². The van der Waals surface area contributed by atoms with Crippen LogP contribution in [0.5, 0.6) is 0 Å². The molecule has 10 heavy (non-hydrogen) atoms. The number of ether oxygens (including phenoxy) is 1. The van der Waals surface area contributed by atoms with Gasteiger partial charge < -0.3 is 9.84 Å². The van der Waals surface area contributed by atoms with Crippen molar-refractivity contribution in [1.82, 2.24) is 0 Å². The quantitative estimate of drug-likeness (QED) is 0.488. The Kier molecular flexibility index (Phi) is 4.32. The van der Waals surface area contributed by atoms with E-state index in [0.29, 0.717) is 12.2 Å². The molecule has 0 heterocycles. The molecule has 1 unspecified atom stereocenters. The second-order valence-electron chi connectivity index (χ2n) is 3.20. The van der Waals surface area contributed by atoms with Crippen LogP contribution >= 0.6 is 12.6 Å². The third kappa shape index (κ3) is 6.39. The van der Waals surface area contributed by atoms with Gasteiger partial charge in [-0.2, -0.15) is 12.6 Å². The fourth-order valence-corrected chi connectivity index (χ4v) is 0.798. The van der Waals surface area contributed by atoms with Crippen molar-refractivity contribution in [3.8, 4) is 0 Å². The normalized spacial score (nSPS) is 15.3. The van der Waals surface area contributed by atoms with Crippen molar-refractivity contribution in [2.75, 3.05) is 5.75 Å². The van der Waals surface area contributed by atoms with Gasteiger partial charge in [0.2, 0.25) is 0 Å². The number of hydrogen-bond acceptors (Lipinski definition) is 3. The van der Waals surface area contributed by atoms with Crippen molar-refractivity contribution < 1.29 is 9.84 Å². The minimum atomic E-state index is -0.669. The minimum absolute atomic E-state index is 0.262. The highest BCUT2D eigenvalue weighted by molar-refractivity contribution is 7.80. The van der Waals surface area contributed by atoms with Crippen LogP contribution in [0.15, 0.2) is 0 Å². The molecule has 0 aliphatic rings. The summed E-state index contributed by atoms with van der Waals surface area (Å²) in [6, 6.07) is 0. The average Bonchev–Trinajstić information content (AvgIpc) is 1.59. The van der Waals surface area contributed by atoms with Crippen LogP contribution in [0, 0.1) is 0 Å². The van der Waals surface area contributed by atoms with E-state index < -0.39 is 6.29 Å². The van der Waals surface area contributed by atoms with Gasteiger partial charge in [-0.25, -0.2) is 0 Å². The lowest BCUT2D eigenvalue weighted by molar-refractivity contribution is -0.165. The number of hydrogen-bond donors (Lipinski definition) is 2. The SMILES string of the molecule is CC(C)(C)OC(O)CCS. The Labute approximate surface area is 68.0 Å². The van der Waals surface area contributed by atoms with E-state index in [1.807, 2.05) is 20.8 Å². The minimum Gasteiger partial charge on any atom is -0.368 e. The molecule has 0 aliphatic heterocycles. The summed E-state index contributed by atoms with van der Waals surface area (Å²) in [5.41, 5.74) is -0.262. The lowest BCUT2D eigenvalue weighted by atomic mass is 10.2. The van der Waals surface area contributed by atoms with Crippen LogP contribution in [0.4, 0.5) is 0 Å². The molecule has 0 aromatic carbocycles. The average molecular weight is 164 g/mol. The zero-order valence-corrected chi connectivity index (χ0v) is 7.69. The molecule has 0 amide bonds. The van der Waals surface area contributed by atoms with Crippen LogP contribution in [-0.2, 0) is 4.74 Å². The molecule has 0 aliphatic carbocycles. The lowest BCUT2D eigenvalue weighted by Gasteiger charge is -2.23. The summed E-state index contributed by atoms with van der Waals surface area (Å²) in [6.07, 6.45) is -0.0853. The van der Waals surface area contributed by atoms with Gasteiger partial charge in [0.05, 0.1) is 5.60 Å². The summed E-state index contributed by atoms with van der Waals surface area (Å²) in [4.78, 5) is 0. The van der Waals surface area contributed by atoms with Crippen molar-refractivity contribution in [2.24, 2.45) is 0 Å². The largest absolute Gasteiger partial charge is 0.368 e. The molecule has 1 atom stereocenters. The van der Waals surface area contributed by atoms with Crippen molar-refractivity contribution in [2.45, 2.75) is 39.1 Å². The Balaban J connectivity index is 3.47. The third-order valence-electron chi connectivity index (χ3n) is 0.866. The molecule has 0 bridgehead atoms. The maximum Gasteiger partial charge on any atom is 0.156 e. The van der Waals surface area contributed by atoms with Gasteiger partial charge in [-0.1, -0.05) is 0 Å². The predicted octanol–water partition coefficient (Wildman–Crippen LogP) is 1.44. The van der Waals surface area contributed by atoms with E-state index in [0.717, 1.165) is 0 Å². The zero-order chi connectivity index (χ0) is 8.20. The monoisotopic (exact) mass is 164 g/mol. The van der Waals surface area contributed by atoms with Crippen molar-refractivity contribution in [3.05, 3.63) is 0 Å². The van der Waals surface area contributed by atoms with Crippen LogP contribution in [0.2, 0.25) is 0 Å². The number of aliphatic hydroxyl groups excluding tert-OH is 1. The summed E-state index contributed by atoms with van der Waals surface area (Å²) < 4.78 is 5.18. The lowest BCUT2D eigenvalue weighted by Crippen LogP contribution is -2.27. The maximum absolute atomic E-state index is 9.11. The highest BCUT2D eigenvalue weighted by Crippen LogP contribution is 2.11. The molecule has 0 aromatic rings. The van der Waals surface area contributed by atoms with Gasteiger partial charge >= 0.3 is 0 Å². The first kappa shape index (κ1) is 10.3. The summed E-state index contributed by atoms with van der Waals surface area (Å²) in [7, 11) is 0. The van der Waals surface area contributed by atoms with Gasteiger partial charge in [0, 0.05) is 6.42 Å². The zero-order valence-electron chi connectivity index (χ0n) is 6.79. The van der Waals surface area contributed by atoms with Gasteiger partial charge in [0.15, 0.2) is 6.29 Å². The molecule has 1 N–H and O–H groups in total. The van der Waals surface area contributed by atoms with Crippen LogP contribution in [0.1, 0.15) is 27.2 Å². The first-order valence-electron chi connectivity index (χ1n) is 3.42. The van der Waals surface area contributed by atoms with Gasteiger partial charge in [0.25, 0.3) is 0 Å². The molecule has 0 radical (unpaired) electrons. The van der Waals surface area contributed by atoms with E-state index in [1.165, 1.54) is 0 Å². The fourth-order valence-electron chi connectivity index (χ4n) is 0.577. The highest BCUT2D eigenvalue weighted by Gasteiger charge is 2.15. The molecule has 0 rings (SSSR count). The summed E-state index contributed by atoms with van der Waals surface area (Å²) in [5.74, 6) is 0.650. The second-order valence-corrected chi connectivity index (χ2v) is 3.64. The second kappa shape index (κ2) is 4.21. The van der Waals surface area contributed by atoms with Gasteiger partial charge in [-0.05, 0) is 26.5 Å². The topological polar surface area (TPSA) is 29.5 Å². The molecule has 0 aromatic heterocycles. The maximum atomic E-state index is 9.11. The first-order valence-corrected chi connectivity index (χ1v) is 4.05. The van der Waals surface area contributed by atoms with Gasteiger partial charge in [0.1, 0.15) is 0 Å². The molecular weight excluding hydrogens is 148 g/mol. The van der Waals surface area contributed by atoms with E-state index in [9.17, 15) is 0 Å². The third-order valence-corrected chi connectivity index (χ3v) is 1.12. The summed E-state index contributed by atoms with van der Waals surface area (Å²) in [6.45, 7) is 5.73. The Hall–Kier alpha value is 0.270. The molecular formula is C7H16O2S. The molecule has 0 saturated heterocycles. The van der Waals surface area contributed by atoms with E-state index >= 15 is 0 Å². The smallest absolute Gasteiger partial charge is 0.156 e. The first-order chi connectivity index (χ1) is 4.45. The molecule has 0 saturated carbocycles. The Morgan fingerprint density at radius 3 is 2.30 bits per heavy atom. The fraction of sp³-hybridized carbons (Fsp3) is 1.00. The Morgan fingerprint density at radius 1 is 1.50 bits per heavy atom. The van der Waals surface area contributed by atoms with Crippen molar-refractivity contribution >= 4 is 12.6 Å². The number of thiol groups is 1. The Morgan fingerprint density at radius 2 is 2.00 bits per heavy atom. The van der Waals surface area contributed by atoms with Crippen LogP contribution in [0.25, 0.3) is 0 Å². The Bertz CT molecular complexity index is 88.1. The molecule has 3 heteroatoms. The summed E-state index contributed by atoms with van der Waals surface area (Å²) >= 11 is 3.97. The molecule has 0 spiro atoms. The van der Waals surface area contributed by atoms with Crippen LogP contribution < -0.4 is 0 Å². The number of rotatable bonds is 3. The van der Waals surface area contributed by atoms with Crippen molar-refractivity contribution in [1.29, 1.82) is 0 Å². The van der Waals surface area contributed by atoms with E-state index in [4.69, 9.17) is 9.84 Å². The predicted molar refractivity (Wildman–Crippen MR) is 45.3 cm³/mol. The standard InChI is InChI=1S/C7H16O2S/c1-7(2,3)9-6(8)4-5-10/h6,8,10H,4-5H2,1-3H3. The van der Waals surface area contributed by atoms with Crippen molar-refractivity contribution in [3.63, 3.8) is 0 Å². The molecule has 2 nitrogen and oxygen atoms in total. The van der Waals surface area contributed by atoms with E-state index in [-0.39, 0.29) is 5.60 Å². The highest BCUT2D eigenvalue weighted by atomic mass is 32.1. The molecule has 62 valence electrons. The molecule has 0 fully saturated rings. The number of aliphatic hydroxyl groups is 1.